The molecule has 0 atom stereocenters. The average Bonchev–Trinajstić information content (AvgIpc) is 3.17. The maximum Gasteiger partial charge on any atom is 0.163 e. The fourth-order valence-electron chi connectivity index (χ4n) is 3.11. The van der Waals surface area contributed by atoms with Gasteiger partial charge in [-0.3, -0.25) is 0 Å². The maximum absolute atomic E-state index is 5.76. The molecule has 4 aromatic rings. The molecule has 0 aliphatic rings. The lowest BCUT2D eigenvalue weighted by atomic mass is 10.1. The number of benzene rings is 2. The molecule has 0 bridgehead atoms. The van der Waals surface area contributed by atoms with Crippen LogP contribution in [0.25, 0.3) is 17.0 Å². The maximum atomic E-state index is 5.76. The van der Waals surface area contributed by atoms with Crippen LogP contribution in [0.2, 0.25) is 0 Å². The van der Waals surface area contributed by atoms with E-state index in [9.17, 15) is 0 Å². The van der Waals surface area contributed by atoms with E-state index in [1.54, 1.807) is 17.8 Å². The van der Waals surface area contributed by atoms with Crippen molar-refractivity contribution in [3.05, 3.63) is 72.2 Å². The summed E-state index contributed by atoms with van der Waals surface area (Å²) in [7, 11) is 5.72. The number of hydrogen-bond acceptors (Lipinski definition) is 6. The number of likely N-dealkylation sites (N-methyl/N-ethyl adjacent to an activating group) is 1. The van der Waals surface area contributed by atoms with E-state index < -0.39 is 0 Å². The van der Waals surface area contributed by atoms with Crippen molar-refractivity contribution in [1.82, 2.24) is 24.5 Å². The molecule has 4 rings (SSSR count). The summed E-state index contributed by atoms with van der Waals surface area (Å²) in [6.45, 7) is 1.55. The van der Waals surface area contributed by atoms with Crippen molar-refractivity contribution in [1.29, 1.82) is 0 Å². The quantitative estimate of drug-likeness (QED) is 0.450. The van der Waals surface area contributed by atoms with Gasteiger partial charge in [-0.25, -0.2) is 9.97 Å². The monoisotopic (exact) mass is 403 g/mol. The van der Waals surface area contributed by atoms with Gasteiger partial charge in [-0.05, 0) is 56.1 Å². The highest BCUT2D eigenvalue weighted by atomic mass is 16.5. The topological polar surface area (TPSA) is 64.8 Å². The molecule has 0 spiro atoms. The molecule has 0 saturated carbocycles. The molecule has 7 heteroatoms. The number of ether oxygens (including phenoxy) is 2. The zero-order valence-corrected chi connectivity index (χ0v) is 17.4. The summed E-state index contributed by atoms with van der Waals surface area (Å²) in [4.78, 5) is 11.3. The van der Waals surface area contributed by atoms with Crippen molar-refractivity contribution >= 4 is 5.65 Å². The minimum absolute atomic E-state index is 0.641. The van der Waals surface area contributed by atoms with Crippen LogP contribution in [0.4, 0.5) is 0 Å². The van der Waals surface area contributed by atoms with E-state index in [0.29, 0.717) is 13.0 Å². The third-order valence-corrected chi connectivity index (χ3v) is 4.74. The second-order valence-corrected chi connectivity index (χ2v) is 7.27. The number of fused-ring (bicyclic) bond motifs is 1. The zero-order chi connectivity index (χ0) is 20.9. The van der Waals surface area contributed by atoms with Crippen molar-refractivity contribution in [2.45, 2.75) is 6.42 Å². The Kier molecular flexibility index (Phi) is 5.90. The predicted octanol–water partition coefficient (Wildman–Crippen LogP) is 3.33. The zero-order valence-electron chi connectivity index (χ0n) is 17.4. The van der Waals surface area contributed by atoms with E-state index >= 15 is 0 Å². The van der Waals surface area contributed by atoms with E-state index in [4.69, 9.17) is 14.6 Å². The average molecular weight is 403 g/mol. The van der Waals surface area contributed by atoms with Gasteiger partial charge in [0.1, 0.15) is 18.1 Å². The summed E-state index contributed by atoms with van der Waals surface area (Å²) < 4.78 is 12.8. The smallest absolute Gasteiger partial charge is 0.163 e. The van der Waals surface area contributed by atoms with Crippen molar-refractivity contribution in [2.24, 2.45) is 0 Å². The Bertz CT molecular complexity index is 1100. The third-order valence-electron chi connectivity index (χ3n) is 4.74. The molecule has 0 N–H and O–H groups in total. The van der Waals surface area contributed by atoms with Gasteiger partial charge in [0.2, 0.25) is 0 Å². The second kappa shape index (κ2) is 8.92. The fraction of sp³-hybridized carbons (Fsp3) is 0.261. The van der Waals surface area contributed by atoms with Crippen LogP contribution in [0.15, 0.2) is 60.8 Å². The molecule has 154 valence electrons. The number of hydrogen-bond donors (Lipinski definition) is 0. The lowest BCUT2D eigenvalue weighted by Gasteiger charge is -2.11. The van der Waals surface area contributed by atoms with Crippen LogP contribution in [0.1, 0.15) is 11.4 Å². The summed E-state index contributed by atoms with van der Waals surface area (Å²) >= 11 is 0. The molecule has 2 aromatic carbocycles. The molecular formula is C23H25N5O2. The van der Waals surface area contributed by atoms with Crippen molar-refractivity contribution in [3.8, 4) is 22.9 Å². The number of aromatic nitrogens is 4. The Morgan fingerprint density at radius 2 is 1.67 bits per heavy atom. The molecule has 0 aliphatic carbocycles. The van der Waals surface area contributed by atoms with Crippen LogP contribution in [-0.2, 0) is 6.42 Å². The van der Waals surface area contributed by atoms with Gasteiger partial charge in [0.15, 0.2) is 17.3 Å². The largest absolute Gasteiger partial charge is 0.497 e. The Hall–Kier alpha value is -3.45. The predicted molar refractivity (Wildman–Crippen MR) is 116 cm³/mol. The molecule has 0 aliphatic heterocycles. The van der Waals surface area contributed by atoms with E-state index in [1.807, 2.05) is 56.6 Å². The molecule has 2 heterocycles. The Morgan fingerprint density at radius 1 is 0.933 bits per heavy atom. The molecular weight excluding hydrogens is 378 g/mol. The van der Waals surface area contributed by atoms with E-state index in [2.05, 4.69) is 27.0 Å². The first-order valence-electron chi connectivity index (χ1n) is 9.84. The van der Waals surface area contributed by atoms with Gasteiger partial charge in [0.05, 0.1) is 7.11 Å². The van der Waals surface area contributed by atoms with Gasteiger partial charge in [-0.1, -0.05) is 12.1 Å². The molecule has 7 nitrogen and oxygen atoms in total. The number of methoxy groups -OCH3 is 1. The minimum Gasteiger partial charge on any atom is -0.497 e. The molecule has 0 radical (unpaired) electrons. The highest BCUT2D eigenvalue weighted by molar-refractivity contribution is 5.59. The standard InChI is InChI=1S/C23H25N5O2/c1-27(2)14-15-30-20-8-4-17(5-9-20)16-21-25-22-12-13-24-23(28(22)26-21)18-6-10-19(29-3)11-7-18/h4-13H,14-16H2,1-3H3. The van der Waals surface area contributed by atoms with Gasteiger partial charge < -0.3 is 14.4 Å². The second-order valence-electron chi connectivity index (χ2n) is 7.27. The Morgan fingerprint density at radius 3 is 2.37 bits per heavy atom. The van der Waals surface area contributed by atoms with Crippen LogP contribution >= 0.6 is 0 Å². The summed E-state index contributed by atoms with van der Waals surface area (Å²) in [5.41, 5.74) is 2.86. The third kappa shape index (κ3) is 4.58. The van der Waals surface area contributed by atoms with Gasteiger partial charge in [-0.2, -0.15) is 4.52 Å². The molecule has 0 amide bonds. The van der Waals surface area contributed by atoms with Crippen LogP contribution in [0.5, 0.6) is 11.5 Å². The van der Waals surface area contributed by atoms with Crippen LogP contribution in [-0.4, -0.2) is 58.8 Å². The van der Waals surface area contributed by atoms with Gasteiger partial charge in [-0.15, -0.1) is 5.10 Å². The van der Waals surface area contributed by atoms with E-state index in [1.165, 1.54) is 0 Å². The molecule has 30 heavy (non-hydrogen) atoms. The first-order chi connectivity index (χ1) is 14.6. The summed E-state index contributed by atoms with van der Waals surface area (Å²) in [6.07, 6.45) is 2.40. The van der Waals surface area contributed by atoms with Crippen LogP contribution < -0.4 is 9.47 Å². The summed E-state index contributed by atoms with van der Waals surface area (Å²) in [6, 6.07) is 17.7. The van der Waals surface area contributed by atoms with Gasteiger partial charge in [0, 0.05) is 30.8 Å². The number of nitrogens with zero attached hydrogens (tertiary/aromatic N) is 5. The van der Waals surface area contributed by atoms with Gasteiger partial charge >= 0.3 is 0 Å². The van der Waals surface area contributed by atoms with Crippen LogP contribution in [0.3, 0.4) is 0 Å². The Balaban J connectivity index is 1.51. The van der Waals surface area contributed by atoms with Crippen LogP contribution in [0, 0.1) is 0 Å². The Labute approximate surface area is 175 Å². The highest BCUT2D eigenvalue weighted by Gasteiger charge is 2.11. The SMILES string of the molecule is COc1ccc(-c2nccc3nc(Cc4ccc(OCCN(C)C)cc4)nn23)cc1. The first kappa shape index (κ1) is 19.8. The van der Waals surface area contributed by atoms with Crippen molar-refractivity contribution in [2.75, 3.05) is 34.4 Å². The van der Waals surface area contributed by atoms with E-state index in [-0.39, 0.29) is 0 Å². The lowest BCUT2D eigenvalue weighted by molar-refractivity contribution is 0.261. The number of rotatable bonds is 8. The van der Waals surface area contributed by atoms with Gasteiger partial charge in [0.25, 0.3) is 0 Å². The normalized spacial score (nSPS) is 11.2. The fourth-order valence-corrected chi connectivity index (χ4v) is 3.11. The van der Waals surface area contributed by atoms with E-state index in [0.717, 1.165) is 46.5 Å². The summed E-state index contributed by atoms with van der Waals surface area (Å²) in [5, 5.41) is 4.69. The first-order valence-corrected chi connectivity index (χ1v) is 9.84. The molecule has 0 fully saturated rings. The summed E-state index contributed by atoms with van der Waals surface area (Å²) in [5.74, 6) is 3.17. The minimum atomic E-state index is 0.641. The highest BCUT2D eigenvalue weighted by Crippen LogP contribution is 2.21. The molecule has 2 aromatic heterocycles. The molecule has 0 unspecified atom stereocenters. The van der Waals surface area contributed by atoms with Crippen molar-refractivity contribution < 1.29 is 9.47 Å². The lowest BCUT2D eigenvalue weighted by Crippen LogP contribution is -2.19. The molecule has 0 saturated heterocycles. The van der Waals surface area contributed by atoms with Crippen molar-refractivity contribution in [3.63, 3.8) is 0 Å².